The van der Waals surface area contributed by atoms with Gasteiger partial charge in [0, 0.05) is 22.7 Å². The molecule has 2 aromatic carbocycles. The SMILES string of the molecule is Cc1cccc(-c2nn(-c3cccc(Cl)c3C)c3c2CCCCN3)c1. The maximum absolute atomic E-state index is 6.36. The summed E-state index contributed by atoms with van der Waals surface area (Å²) in [6.45, 7) is 5.15. The maximum atomic E-state index is 6.36. The summed E-state index contributed by atoms with van der Waals surface area (Å²) < 4.78 is 2.04. The molecule has 0 atom stereocenters. The molecule has 25 heavy (non-hydrogen) atoms. The minimum absolute atomic E-state index is 0.771. The summed E-state index contributed by atoms with van der Waals surface area (Å²) in [5, 5.41) is 9.38. The van der Waals surface area contributed by atoms with E-state index in [4.69, 9.17) is 16.7 Å². The molecule has 3 nitrogen and oxygen atoms in total. The summed E-state index contributed by atoms with van der Waals surface area (Å²) in [4.78, 5) is 0. The second-order valence-corrected chi connectivity index (χ2v) is 7.13. The molecule has 1 N–H and O–H groups in total. The number of aromatic nitrogens is 2. The molecule has 0 fully saturated rings. The highest BCUT2D eigenvalue weighted by Gasteiger charge is 2.22. The largest absolute Gasteiger partial charge is 0.370 e. The number of hydrogen-bond acceptors (Lipinski definition) is 2. The molecule has 0 unspecified atom stereocenters. The zero-order valence-electron chi connectivity index (χ0n) is 14.6. The van der Waals surface area contributed by atoms with E-state index >= 15 is 0 Å². The van der Waals surface area contributed by atoms with Crippen LogP contribution in [0, 0.1) is 13.8 Å². The lowest BCUT2D eigenvalue weighted by Crippen LogP contribution is -2.08. The first-order valence-electron chi connectivity index (χ1n) is 8.83. The molecule has 0 radical (unpaired) electrons. The number of hydrogen-bond donors (Lipinski definition) is 1. The molecule has 0 saturated heterocycles. The Balaban J connectivity index is 1.95. The molecule has 4 rings (SSSR count). The van der Waals surface area contributed by atoms with Crippen molar-refractivity contribution in [1.29, 1.82) is 0 Å². The minimum Gasteiger partial charge on any atom is -0.370 e. The molecule has 2 heterocycles. The first-order valence-corrected chi connectivity index (χ1v) is 9.21. The van der Waals surface area contributed by atoms with Gasteiger partial charge < -0.3 is 5.32 Å². The molecule has 128 valence electrons. The molecule has 1 aliphatic heterocycles. The maximum Gasteiger partial charge on any atom is 0.133 e. The van der Waals surface area contributed by atoms with Gasteiger partial charge in [-0.15, -0.1) is 0 Å². The monoisotopic (exact) mass is 351 g/mol. The Morgan fingerprint density at radius 2 is 1.92 bits per heavy atom. The molecule has 0 saturated carbocycles. The summed E-state index contributed by atoms with van der Waals surface area (Å²) in [7, 11) is 0. The van der Waals surface area contributed by atoms with Gasteiger partial charge in [0.05, 0.1) is 11.4 Å². The van der Waals surface area contributed by atoms with Crippen molar-refractivity contribution < 1.29 is 0 Å². The minimum atomic E-state index is 0.771. The standard InChI is InChI=1S/C21H22ClN3/c1-14-7-5-8-16(13-14)20-17-9-3-4-12-23-21(17)25(24-20)19-11-6-10-18(22)15(19)2/h5-8,10-11,13,23H,3-4,9,12H2,1-2H3. The van der Waals surface area contributed by atoms with Crippen molar-refractivity contribution in [3.63, 3.8) is 0 Å². The highest BCUT2D eigenvalue weighted by atomic mass is 35.5. The number of nitrogens with one attached hydrogen (secondary N) is 1. The van der Waals surface area contributed by atoms with Crippen LogP contribution in [0.2, 0.25) is 5.02 Å². The van der Waals surface area contributed by atoms with E-state index in [1.807, 2.05) is 16.8 Å². The van der Waals surface area contributed by atoms with E-state index in [0.29, 0.717) is 0 Å². The average molecular weight is 352 g/mol. The van der Waals surface area contributed by atoms with E-state index in [2.05, 4.69) is 49.5 Å². The van der Waals surface area contributed by atoms with Gasteiger partial charge in [-0.1, -0.05) is 41.4 Å². The predicted octanol–water partition coefficient (Wildman–Crippen LogP) is 5.56. The Morgan fingerprint density at radius 3 is 2.76 bits per heavy atom. The second kappa shape index (κ2) is 6.57. The van der Waals surface area contributed by atoms with E-state index in [0.717, 1.165) is 40.8 Å². The summed E-state index contributed by atoms with van der Waals surface area (Å²) in [5.74, 6) is 1.11. The molecule has 3 aromatic rings. The quantitative estimate of drug-likeness (QED) is 0.655. The third kappa shape index (κ3) is 2.93. The zero-order chi connectivity index (χ0) is 17.4. The van der Waals surface area contributed by atoms with Crippen molar-refractivity contribution in [3.8, 4) is 16.9 Å². The van der Waals surface area contributed by atoms with Crippen molar-refractivity contribution in [2.24, 2.45) is 0 Å². The number of rotatable bonds is 2. The van der Waals surface area contributed by atoms with Crippen LogP contribution in [0.15, 0.2) is 42.5 Å². The summed E-state index contributed by atoms with van der Waals surface area (Å²) >= 11 is 6.36. The van der Waals surface area contributed by atoms with E-state index in [9.17, 15) is 0 Å². The van der Waals surface area contributed by atoms with Crippen LogP contribution in [0.3, 0.4) is 0 Å². The van der Waals surface area contributed by atoms with Crippen LogP contribution < -0.4 is 5.32 Å². The van der Waals surface area contributed by atoms with Gasteiger partial charge in [-0.25, -0.2) is 4.68 Å². The van der Waals surface area contributed by atoms with Crippen LogP contribution in [-0.2, 0) is 6.42 Å². The highest BCUT2D eigenvalue weighted by Crippen LogP contribution is 2.35. The summed E-state index contributed by atoms with van der Waals surface area (Å²) in [5.41, 5.74) is 6.91. The average Bonchev–Trinajstić information content (AvgIpc) is 2.79. The normalized spacial score (nSPS) is 13.9. The lowest BCUT2D eigenvalue weighted by molar-refractivity contribution is 0.779. The molecule has 0 aliphatic carbocycles. The second-order valence-electron chi connectivity index (χ2n) is 6.72. The topological polar surface area (TPSA) is 29.9 Å². The van der Waals surface area contributed by atoms with Gasteiger partial charge >= 0.3 is 0 Å². The van der Waals surface area contributed by atoms with Gasteiger partial charge in [0.25, 0.3) is 0 Å². The number of aryl methyl sites for hydroxylation is 1. The molecule has 1 aromatic heterocycles. The van der Waals surface area contributed by atoms with E-state index < -0.39 is 0 Å². The van der Waals surface area contributed by atoms with Crippen molar-refractivity contribution in [2.75, 3.05) is 11.9 Å². The highest BCUT2D eigenvalue weighted by molar-refractivity contribution is 6.31. The van der Waals surface area contributed by atoms with Crippen LogP contribution in [-0.4, -0.2) is 16.3 Å². The van der Waals surface area contributed by atoms with Gasteiger partial charge in [0.1, 0.15) is 5.82 Å². The van der Waals surface area contributed by atoms with E-state index in [1.165, 1.54) is 29.5 Å². The molecule has 0 bridgehead atoms. The fourth-order valence-corrected chi connectivity index (χ4v) is 3.70. The molecular formula is C21H22ClN3. The number of fused-ring (bicyclic) bond motifs is 1. The molecule has 1 aliphatic rings. The fraction of sp³-hybridized carbons (Fsp3) is 0.286. The fourth-order valence-electron chi connectivity index (χ4n) is 3.53. The molecule has 4 heteroatoms. The molecule has 0 amide bonds. The van der Waals surface area contributed by atoms with Crippen molar-refractivity contribution in [1.82, 2.24) is 9.78 Å². The van der Waals surface area contributed by atoms with Gasteiger partial charge in [0.2, 0.25) is 0 Å². The number of benzene rings is 2. The van der Waals surface area contributed by atoms with Gasteiger partial charge in [-0.2, -0.15) is 5.10 Å². The Labute approximate surface area is 153 Å². The lowest BCUT2D eigenvalue weighted by Gasteiger charge is -2.12. The zero-order valence-corrected chi connectivity index (χ0v) is 15.4. The summed E-state index contributed by atoms with van der Waals surface area (Å²) in [6.07, 6.45) is 3.40. The Morgan fingerprint density at radius 1 is 1.08 bits per heavy atom. The van der Waals surface area contributed by atoms with E-state index in [-0.39, 0.29) is 0 Å². The smallest absolute Gasteiger partial charge is 0.133 e. The van der Waals surface area contributed by atoms with Crippen LogP contribution in [0.25, 0.3) is 16.9 Å². The summed E-state index contributed by atoms with van der Waals surface area (Å²) in [6, 6.07) is 14.6. The molecule has 0 spiro atoms. The number of nitrogens with zero attached hydrogens (tertiary/aromatic N) is 2. The van der Waals surface area contributed by atoms with Crippen LogP contribution >= 0.6 is 11.6 Å². The first kappa shape index (κ1) is 16.2. The Kier molecular flexibility index (Phi) is 4.26. The van der Waals surface area contributed by atoms with Crippen molar-refractivity contribution >= 4 is 17.4 Å². The Hall–Kier alpha value is -2.26. The van der Waals surface area contributed by atoms with Crippen molar-refractivity contribution in [3.05, 3.63) is 64.2 Å². The third-order valence-electron chi connectivity index (χ3n) is 4.89. The third-order valence-corrected chi connectivity index (χ3v) is 5.30. The van der Waals surface area contributed by atoms with Gasteiger partial charge in [-0.05, 0) is 56.9 Å². The number of anilines is 1. The Bertz CT molecular complexity index is 927. The van der Waals surface area contributed by atoms with Gasteiger partial charge in [0.15, 0.2) is 0 Å². The predicted molar refractivity (Wildman–Crippen MR) is 105 cm³/mol. The van der Waals surface area contributed by atoms with Crippen LogP contribution in [0.1, 0.15) is 29.5 Å². The van der Waals surface area contributed by atoms with E-state index in [1.54, 1.807) is 0 Å². The van der Waals surface area contributed by atoms with Crippen LogP contribution in [0.5, 0.6) is 0 Å². The van der Waals surface area contributed by atoms with Crippen molar-refractivity contribution in [2.45, 2.75) is 33.1 Å². The number of halogens is 1. The lowest BCUT2D eigenvalue weighted by atomic mass is 10.0. The van der Waals surface area contributed by atoms with Gasteiger partial charge in [-0.3, -0.25) is 0 Å². The van der Waals surface area contributed by atoms with Crippen LogP contribution in [0.4, 0.5) is 5.82 Å². The molecular weight excluding hydrogens is 330 g/mol. The first-order chi connectivity index (χ1) is 12.1.